The molecule has 9 nitrogen and oxygen atoms in total. The summed E-state index contributed by atoms with van der Waals surface area (Å²) in [5.41, 5.74) is 0. The number of hydrogen-bond donors (Lipinski definition) is 2. The SMILES string of the molecule is C=CC(O)NCC(=O)OCCOC1C2OC3C1OS(=O)(=O)C3C2C. The van der Waals surface area contributed by atoms with Crippen molar-refractivity contribution in [1.29, 1.82) is 0 Å². The summed E-state index contributed by atoms with van der Waals surface area (Å²) in [6.07, 6.45) is -1.65. The number of aliphatic hydroxyl groups excluding tert-OH is 1. The van der Waals surface area contributed by atoms with Crippen molar-refractivity contribution in [2.75, 3.05) is 19.8 Å². The van der Waals surface area contributed by atoms with Crippen molar-refractivity contribution in [3.05, 3.63) is 12.7 Å². The topological polar surface area (TPSA) is 120 Å². The van der Waals surface area contributed by atoms with Gasteiger partial charge in [0, 0.05) is 5.92 Å². The van der Waals surface area contributed by atoms with Gasteiger partial charge < -0.3 is 19.3 Å². The van der Waals surface area contributed by atoms with E-state index >= 15 is 0 Å². The van der Waals surface area contributed by atoms with Crippen LogP contribution in [0.5, 0.6) is 0 Å². The largest absolute Gasteiger partial charge is 0.462 e. The van der Waals surface area contributed by atoms with Gasteiger partial charge >= 0.3 is 5.97 Å². The van der Waals surface area contributed by atoms with Crippen LogP contribution in [0.15, 0.2) is 12.7 Å². The molecule has 0 aromatic carbocycles. The van der Waals surface area contributed by atoms with Crippen LogP contribution in [0.3, 0.4) is 0 Å². The van der Waals surface area contributed by atoms with E-state index in [2.05, 4.69) is 11.9 Å². The molecule has 0 amide bonds. The minimum atomic E-state index is -3.61. The van der Waals surface area contributed by atoms with Crippen LogP contribution in [0.4, 0.5) is 0 Å². The summed E-state index contributed by atoms with van der Waals surface area (Å²) in [4.78, 5) is 11.4. The predicted molar refractivity (Wildman–Crippen MR) is 80.3 cm³/mol. The number of carbonyl (C=O) groups is 1. The molecule has 3 rings (SSSR count). The third-order valence-electron chi connectivity index (χ3n) is 4.56. The van der Waals surface area contributed by atoms with Gasteiger partial charge in [-0.15, -0.1) is 0 Å². The summed E-state index contributed by atoms with van der Waals surface area (Å²) in [6.45, 7) is 5.12. The van der Waals surface area contributed by atoms with Crippen molar-refractivity contribution in [3.8, 4) is 0 Å². The Kier molecular flexibility index (Phi) is 4.96. The zero-order chi connectivity index (χ0) is 17.5. The number of rotatable bonds is 8. The lowest BCUT2D eigenvalue weighted by atomic mass is 9.86. The first-order valence-corrected chi connectivity index (χ1v) is 9.21. The van der Waals surface area contributed by atoms with Gasteiger partial charge in [-0.25, -0.2) is 0 Å². The van der Waals surface area contributed by atoms with Crippen LogP contribution in [-0.2, 0) is 33.3 Å². The van der Waals surface area contributed by atoms with Gasteiger partial charge in [0.2, 0.25) is 0 Å². The lowest BCUT2D eigenvalue weighted by Crippen LogP contribution is -2.45. The standard InChI is InChI=1S/C14H21NO8S/c1-3-8(16)15-6-9(17)20-4-5-21-11-10-7(2)14-13(22-10)12(11)23-24(14,18)19/h3,7-8,10-16H,1,4-6H2,2H3. The van der Waals surface area contributed by atoms with E-state index in [0.717, 1.165) is 0 Å². The number of aliphatic hydroxyl groups is 1. The molecule has 2 bridgehead atoms. The van der Waals surface area contributed by atoms with Gasteiger partial charge in [0.1, 0.15) is 36.4 Å². The average Bonchev–Trinajstić information content (AvgIpc) is 3.10. The predicted octanol–water partition coefficient (Wildman–Crippen LogP) is -1.48. The monoisotopic (exact) mass is 363 g/mol. The Bertz CT molecular complexity index is 608. The fourth-order valence-corrected chi connectivity index (χ4v) is 5.38. The minimum absolute atomic E-state index is 0.00979. The van der Waals surface area contributed by atoms with Gasteiger partial charge in [-0.3, -0.25) is 14.3 Å². The molecule has 0 aromatic heterocycles. The molecule has 0 radical (unpaired) electrons. The first kappa shape index (κ1) is 17.8. The van der Waals surface area contributed by atoms with Gasteiger partial charge in [0.15, 0.2) is 0 Å². The van der Waals surface area contributed by atoms with E-state index in [9.17, 15) is 18.3 Å². The molecule has 3 saturated heterocycles. The van der Waals surface area contributed by atoms with Crippen LogP contribution in [0.1, 0.15) is 6.92 Å². The van der Waals surface area contributed by atoms with Gasteiger partial charge in [-0.05, 0) is 6.08 Å². The molecule has 3 aliphatic rings. The summed E-state index contributed by atoms with van der Waals surface area (Å²) in [7, 11) is -3.61. The molecule has 10 heteroatoms. The molecule has 0 aliphatic carbocycles. The fourth-order valence-electron chi connectivity index (χ4n) is 3.49. The Hall–Kier alpha value is -1.04. The Morgan fingerprint density at radius 3 is 2.83 bits per heavy atom. The van der Waals surface area contributed by atoms with Crippen molar-refractivity contribution in [2.24, 2.45) is 5.92 Å². The molecule has 0 saturated carbocycles. The lowest BCUT2D eigenvalue weighted by molar-refractivity contribution is -0.146. The molecular formula is C14H21NO8S. The molecule has 3 heterocycles. The van der Waals surface area contributed by atoms with Gasteiger partial charge in [0.05, 0.1) is 19.3 Å². The van der Waals surface area contributed by atoms with Crippen molar-refractivity contribution in [1.82, 2.24) is 5.32 Å². The Labute approximate surface area is 140 Å². The second-order valence-electron chi connectivity index (χ2n) is 6.06. The van der Waals surface area contributed by atoms with Crippen LogP contribution >= 0.6 is 0 Å². The maximum Gasteiger partial charge on any atom is 0.320 e. The Morgan fingerprint density at radius 2 is 2.12 bits per heavy atom. The summed E-state index contributed by atoms with van der Waals surface area (Å²) in [5, 5.41) is 11.0. The molecule has 136 valence electrons. The number of carbonyl (C=O) groups excluding carboxylic acids is 1. The van der Waals surface area contributed by atoms with Crippen molar-refractivity contribution in [3.63, 3.8) is 0 Å². The Morgan fingerprint density at radius 1 is 1.38 bits per heavy atom. The fraction of sp³-hybridized carbons (Fsp3) is 0.786. The van der Waals surface area contributed by atoms with E-state index in [1.54, 1.807) is 0 Å². The second-order valence-corrected chi connectivity index (χ2v) is 7.78. The van der Waals surface area contributed by atoms with E-state index in [1.165, 1.54) is 6.08 Å². The maximum absolute atomic E-state index is 11.9. The van der Waals surface area contributed by atoms with E-state index in [-0.39, 0.29) is 31.8 Å². The normalized spacial score (nSPS) is 39.8. The zero-order valence-corrected chi connectivity index (χ0v) is 14.0. The number of ether oxygens (including phenoxy) is 3. The Balaban J connectivity index is 1.42. The maximum atomic E-state index is 11.9. The quantitative estimate of drug-likeness (QED) is 0.175. The van der Waals surface area contributed by atoms with E-state index in [1.807, 2.05) is 6.92 Å². The van der Waals surface area contributed by atoms with Crippen LogP contribution < -0.4 is 5.32 Å². The highest BCUT2D eigenvalue weighted by molar-refractivity contribution is 7.87. The summed E-state index contributed by atoms with van der Waals surface area (Å²) >= 11 is 0. The van der Waals surface area contributed by atoms with Gasteiger partial charge in [0.25, 0.3) is 10.1 Å². The highest BCUT2D eigenvalue weighted by Gasteiger charge is 2.69. The first-order valence-electron chi connectivity index (χ1n) is 7.74. The van der Waals surface area contributed by atoms with Crippen LogP contribution in [0.25, 0.3) is 0 Å². The molecule has 3 aliphatic heterocycles. The number of esters is 1. The number of hydrogen-bond acceptors (Lipinski definition) is 9. The third-order valence-corrected chi connectivity index (χ3v) is 6.41. The third kappa shape index (κ3) is 3.09. The smallest absolute Gasteiger partial charge is 0.320 e. The molecule has 3 fully saturated rings. The molecular weight excluding hydrogens is 342 g/mol. The van der Waals surface area contributed by atoms with Crippen LogP contribution in [0, 0.1) is 5.92 Å². The first-order chi connectivity index (χ1) is 11.3. The zero-order valence-electron chi connectivity index (χ0n) is 13.2. The molecule has 7 atom stereocenters. The molecule has 24 heavy (non-hydrogen) atoms. The number of nitrogens with one attached hydrogen (secondary N) is 1. The number of fused-ring (bicyclic) bond motifs is 1. The lowest BCUT2D eigenvalue weighted by Gasteiger charge is -2.26. The van der Waals surface area contributed by atoms with Crippen molar-refractivity contribution >= 4 is 16.1 Å². The molecule has 0 spiro atoms. The molecule has 0 aromatic rings. The van der Waals surface area contributed by atoms with Crippen LogP contribution in [-0.4, -0.2) is 75.1 Å². The molecule has 2 N–H and O–H groups in total. The molecule has 7 unspecified atom stereocenters. The highest BCUT2D eigenvalue weighted by Crippen LogP contribution is 2.50. The van der Waals surface area contributed by atoms with E-state index < -0.39 is 45.9 Å². The van der Waals surface area contributed by atoms with Crippen LogP contribution in [0.2, 0.25) is 0 Å². The average molecular weight is 363 g/mol. The van der Waals surface area contributed by atoms with Crippen molar-refractivity contribution < 1.29 is 36.7 Å². The minimum Gasteiger partial charge on any atom is -0.462 e. The summed E-state index contributed by atoms with van der Waals surface area (Å²) in [5.74, 6) is -0.743. The summed E-state index contributed by atoms with van der Waals surface area (Å²) in [6, 6.07) is 0. The van der Waals surface area contributed by atoms with Gasteiger partial charge in [-0.1, -0.05) is 13.5 Å². The van der Waals surface area contributed by atoms with Gasteiger partial charge in [-0.2, -0.15) is 8.42 Å². The van der Waals surface area contributed by atoms with E-state index in [4.69, 9.17) is 18.4 Å². The second kappa shape index (κ2) is 6.70. The van der Waals surface area contributed by atoms with E-state index in [0.29, 0.717) is 0 Å². The summed E-state index contributed by atoms with van der Waals surface area (Å²) < 4.78 is 45.3. The highest BCUT2D eigenvalue weighted by atomic mass is 32.2. The van der Waals surface area contributed by atoms with Crippen molar-refractivity contribution in [2.45, 2.75) is 42.8 Å².